The average Bonchev–Trinajstić information content (AvgIpc) is 3.38. The van der Waals surface area contributed by atoms with Gasteiger partial charge in [0.2, 0.25) is 5.89 Å². The highest BCUT2D eigenvalue weighted by Gasteiger charge is 2.33. The van der Waals surface area contributed by atoms with Gasteiger partial charge in [0, 0.05) is 19.2 Å². The molecule has 3 aromatic rings. The first-order chi connectivity index (χ1) is 13.7. The number of carbonyl (C=O) groups is 1. The number of aromatic nitrogens is 2. The normalized spacial score (nSPS) is 16.3. The number of hydrogen-bond donors (Lipinski definition) is 0. The summed E-state index contributed by atoms with van der Waals surface area (Å²) in [6.07, 6.45) is 7.11. The summed E-state index contributed by atoms with van der Waals surface area (Å²) in [5.74, 6) is 1.40. The smallest absolute Gasteiger partial charge is 0.261 e. The van der Waals surface area contributed by atoms with Crippen molar-refractivity contribution in [2.75, 3.05) is 13.2 Å². The number of carbonyl (C=O) groups excluding carboxylic acids is 1. The molecular weight excluding hydrogens is 361 g/mol. The third kappa shape index (κ3) is 4.19. The number of nitrogens with zero attached hydrogens (tertiary/aromatic N) is 3. The molecule has 1 atom stereocenters. The number of halogens is 1. The lowest BCUT2D eigenvalue weighted by atomic mass is 10.1. The van der Waals surface area contributed by atoms with Gasteiger partial charge in [0.1, 0.15) is 23.4 Å². The number of pyridine rings is 1. The van der Waals surface area contributed by atoms with E-state index in [1.807, 2.05) is 0 Å². The summed E-state index contributed by atoms with van der Waals surface area (Å²) in [4.78, 5) is 22.7. The van der Waals surface area contributed by atoms with Crippen molar-refractivity contribution in [1.29, 1.82) is 0 Å². The van der Waals surface area contributed by atoms with Crippen LogP contribution in [0.15, 0.2) is 59.4 Å². The first-order valence-electron chi connectivity index (χ1n) is 9.20. The monoisotopic (exact) mass is 381 g/mol. The lowest BCUT2D eigenvalue weighted by Gasteiger charge is -2.22. The molecule has 0 spiro atoms. The first-order valence-corrected chi connectivity index (χ1v) is 9.20. The van der Waals surface area contributed by atoms with Gasteiger partial charge >= 0.3 is 0 Å². The van der Waals surface area contributed by atoms with Gasteiger partial charge in [-0.1, -0.05) is 12.1 Å². The average molecular weight is 381 g/mol. The number of benzene rings is 1. The zero-order valence-electron chi connectivity index (χ0n) is 15.3. The quantitative estimate of drug-likeness (QED) is 0.653. The lowest BCUT2D eigenvalue weighted by molar-refractivity contribution is -0.134. The Balaban J connectivity index is 1.39. The van der Waals surface area contributed by atoms with Crippen LogP contribution in [0.1, 0.15) is 36.1 Å². The Bertz CT molecular complexity index is 928. The van der Waals surface area contributed by atoms with Crippen LogP contribution in [0.4, 0.5) is 4.39 Å². The fraction of sp³-hybridized carbons (Fsp3) is 0.286. The van der Waals surface area contributed by atoms with Crippen LogP contribution in [0.5, 0.6) is 5.75 Å². The highest BCUT2D eigenvalue weighted by atomic mass is 19.1. The van der Waals surface area contributed by atoms with Gasteiger partial charge < -0.3 is 14.1 Å². The minimum absolute atomic E-state index is 0.0503. The molecule has 7 heteroatoms. The maximum atomic E-state index is 13.0. The summed E-state index contributed by atoms with van der Waals surface area (Å²) in [5.41, 5.74) is 0.938. The molecule has 1 aromatic carbocycles. The third-order valence-electron chi connectivity index (χ3n) is 4.72. The van der Waals surface area contributed by atoms with E-state index in [0.29, 0.717) is 30.4 Å². The molecule has 4 rings (SSSR count). The van der Waals surface area contributed by atoms with Crippen molar-refractivity contribution in [3.8, 4) is 5.75 Å². The van der Waals surface area contributed by atoms with E-state index in [0.717, 1.165) is 18.4 Å². The van der Waals surface area contributed by atoms with Gasteiger partial charge in [-0.05, 0) is 42.7 Å². The van der Waals surface area contributed by atoms with E-state index in [-0.39, 0.29) is 24.4 Å². The molecule has 1 aliphatic heterocycles. The zero-order chi connectivity index (χ0) is 19.3. The molecule has 0 N–H and O–H groups in total. The molecule has 144 valence electrons. The van der Waals surface area contributed by atoms with Crippen molar-refractivity contribution in [2.24, 2.45) is 0 Å². The summed E-state index contributed by atoms with van der Waals surface area (Å²) in [6, 6.07) is 9.62. The van der Waals surface area contributed by atoms with E-state index in [2.05, 4.69) is 9.97 Å². The number of oxazole rings is 1. The Labute approximate surface area is 162 Å². The summed E-state index contributed by atoms with van der Waals surface area (Å²) >= 11 is 0. The molecule has 0 bridgehead atoms. The van der Waals surface area contributed by atoms with Crippen LogP contribution in [0.3, 0.4) is 0 Å². The van der Waals surface area contributed by atoms with Crippen LogP contribution < -0.4 is 4.74 Å². The van der Waals surface area contributed by atoms with Crippen molar-refractivity contribution in [1.82, 2.24) is 14.9 Å². The molecule has 6 nitrogen and oxygen atoms in total. The molecule has 0 saturated carbocycles. The van der Waals surface area contributed by atoms with Crippen molar-refractivity contribution in [2.45, 2.75) is 25.3 Å². The van der Waals surface area contributed by atoms with Crippen molar-refractivity contribution in [3.63, 3.8) is 0 Å². The number of rotatable bonds is 6. The van der Waals surface area contributed by atoms with Gasteiger partial charge in [0.05, 0.1) is 12.4 Å². The van der Waals surface area contributed by atoms with Gasteiger partial charge in [0.15, 0.2) is 6.61 Å². The maximum absolute atomic E-state index is 13.0. The Kier molecular flexibility index (Phi) is 5.32. The van der Waals surface area contributed by atoms with Crippen LogP contribution in [-0.2, 0) is 11.2 Å². The fourth-order valence-electron chi connectivity index (χ4n) is 3.34. The Hall–Kier alpha value is -3.22. The molecule has 2 aromatic heterocycles. The second kappa shape index (κ2) is 8.21. The minimum atomic E-state index is -0.268. The summed E-state index contributed by atoms with van der Waals surface area (Å²) in [6.45, 7) is 0.598. The summed E-state index contributed by atoms with van der Waals surface area (Å²) in [5, 5.41) is 0. The molecule has 0 unspecified atom stereocenters. The maximum Gasteiger partial charge on any atom is 0.261 e. The van der Waals surface area contributed by atoms with Crippen LogP contribution in [0.2, 0.25) is 0 Å². The molecule has 1 amide bonds. The second-order valence-corrected chi connectivity index (χ2v) is 6.69. The van der Waals surface area contributed by atoms with Gasteiger partial charge in [-0.2, -0.15) is 0 Å². The van der Waals surface area contributed by atoms with Crippen LogP contribution in [0, 0.1) is 5.82 Å². The molecule has 0 radical (unpaired) electrons. The van der Waals surface area contributed by atoms with Crippen LogP contribution in [-0.4, -0.2) is 33.9 Å². The van der Waals surface area contributed by atoms with Crippen LogP contribution >= 0.6 is 0 Å². The largest absolute Gasteiger partial charge is 0.482 e. The van der Waals surface area contributed by atoms with Gasteiger partial charge in [0.25, 0.3) is 5.91 Å². The van der Waals surface area contributed by atoms with E-state index >= 15 is 0 Å². The van der Waals surface area contributed by atoms with Crippen molar-refractivity contribution in [3.05, 3.63) is 78.0 Å². The molecule has 1 fully saturated rings. The molecule has 28 heavy (non-hydrogen) atoms. The SMILES string of the molecule is O=C(COc1cccnc1)N1CCC[C@@H]1c1ncc(Cc2ccc(F)cc2)o1. The number of hydrogen-bond acceptors (Lipinski definition) is 5. The van der Waals surface area contributed by atoms with Crippen molar-refractivity contribution >= 4 is 5.91 Å². The summed E-state index contributed by atoms with van der Waals surface area (Å²) < 4.78 is 24.5. The van der Waals surface area contributed by atoms with Gasteiger partial charge in [-0.25, -0.2) is 9.37 Å². The van der Waals surface area contributed by atoms with Crippen LogP contribution in [0.25, 0.3) is 0 Å². The van der Waals surface area contributed by atoms with E-state index in [1.54, 1.807) is 47.8 Å². The van der Waals surface area contributed by atoms with Gasteiger partial charge in [-0.15, -0.1) is 0 Å². The predicted molar refractivity (Wildman–Crippen MR) is 99.1 cm³/mol. The molecule has 1 aliphatic rings. The molecule has 3 heterocycles. The fourth-order valence-corrected chi connectivity index (χ4v) is 3.34. The Morgan fingerprint density at radius 3 is 2.89 bits per heavy atom. The van der Waals surface area contributed by atoms with E-state index in [4.69, 9.17) is 9.15 Å². The Morgan fingerprint density at radius 1 is 1.25 bits per heavy atom. The zero-order valence-corrected chi connectivity index (χ0v) is 15.3. The minimum Gasteiger partial charge on any atom is -0.482 e. The Morgan fingerprint density at radius 2 is 2.11 bits per heavy atom. The predicted octanol–water partition coefficient (Wildman–Crippen LogP) is 3.54. The first kappa shape index (κ1) is 18.2. The highest BCUT2D eigenvalue weighted by Crippen LogP contribution is 2.32. The summed E-state index contributed by atoms with van der Waals surface area (Å²) in [7, 11) is 0. The molecule has 1 saturated heterocycles. The lowest BCUT2D eigenvalue weighted by Crippen LogP contribution is -2.34. The molecular formula is C21H20FN3O3. The molecule has 0 aliphatic carbocycles. The number of amides is 1. The highest BCUT2D eigenvalue weighted by molar-refractivity contribution is 5.78. The van der Waals surface area contributed by atoms with Gasteiger partial charge in [-0.3, -0.25) is 9.78 Å². The van der Waals surface area contributed by atoms with E-state index in [1.165, 1.54) is 12.1 Å². The number of likely N-dealkylation sites (tertiary alicyclic amines) is 1. The second-order valence-electron chi connectivity index (χ2n) is 6.69. The third-order valence-corrected chi connectivity index (χ3v) is 4.72. The van der Waals surface area contributed by atoms with Crippen molar-refractivity contribution < 1.29 is 18.3 Å². The van der Waals surface area contributed by atoms with E-state index in [9.17, 15) is 9.18 Å². The topological polar surface area (TPSA) is 68.5 Å². The van der Waals surface area contributed by atoms with E-state index < -0.39 is 0 Å². The standard InChI is InChI=1S/C21H20FN3O3/c22-16-7-5-15(6-8-16)11-18-13-24-21(28-18)19-4-2-10-25(19)20(26)14-27-17-3-1-9-23-12-17/h1,3,5-9,12-13,19H,2,4,10-11,14H2/t19-/m1/s1. The number of ether oxygens (including phenoxy) is 1.